The lowest BCUT2D eigenvalue weighted by Gasteiger charge is -2.35. The number of aliphatic hydroxyl groups is 1. The summed E-state index contributed by atoms with van der Waals surface area (Å²) in [5.74, 6) is 0.871. The Kier molecular flexibility index (Phi) is 10.2. The van der Waals surface area contributed by atoms with Crippen LogP contribution < -0.4 is 4.74 Å². The van der Waals surface area contributed by atoms with Gasteiger partial charge in [0.15, 0.2) is 0 Å². The quantitative estimate of drug-likeness (QED) is 0.313. The second kappa shape index (κ2) is 12.4. The van der Waals surface area contributed by atoms with Gasteiger partial charge in [-0.05, 0) is 68.9 Å². The van der Waals surface area contributed by atoms with Gasteiger partial charge in [-0.3, -0.25) is 4.79 Å². The summed E-state index contributed by atoms with van der Waals surface area (Å²) in [6, 6.07) is 10.5. The summed E-state index contributed by atoms with van der Waals surface area (Å²) < 4.78 is 8.25. The Morgan fingerprint density at radius 3 is 2.26 bits per heavy atom. The molecule has 0 bridgehead atoms. The predicted octanol–water partition coefficient (Wildman–Crippen LogP) is 6.50. The van der Waals surface area contributed by atoms with Gasteiger partial charge in [-0.15, -0.1) is 6.58 Å². The van der Waals surface area contributed by atoms with Gasteiger partial charge in [0.2, 0.25) is 0 Å². The van der Waals surface area contributed by atoms with Crippen LogP contribution in [0.1, 0.15) is 94.0 Å². The number of carbonyl (C=O) groups is 1. The van der Waals surface area contributed by atoms with Crippen molar-refractivity contribution in [3.63, 3.8) is 0 Å². The van der Waals surface area contributed by atoms with Gasteiger partial charge in [-0.25, -0.2) is 0 Å². The maximum absolute atomic E-state index is 13.1. The summed E-state index contributed by atoms with van der Waals surface area (Å²) >= 11 is 0. The van der Waals surface area contributed by atoms with Crippen LogP contribution in [0.3, 0.4) is 0 Å². The van der Waals surface area contributed by atoms with Crippen LogP contribution in [0.25, 0.3) is 0 Å². The van der Waals surface area contributed by atoms with Crippen molar-refractivity contribution in [3.8, 4) is 5.75 Å². The van der Waals surface area contributed by atoms with Crippen LogP contribution in [0, 0.1) is 6.92 Å². The number of benzene rings is 1. The fourth-order valence-electron chi connectivity index (χ4n) is 5.12. The molecule has 0 aliphatic rings. The Bertz CT molecular complexity index is 983. The molecule has 1 amide bonds. The molecular formula is C30H46N2O3. The van der Waals surface area contributed by atoms with Crippen LogP contribution in [0.5, 0.6) is 5.75 Å². The maximum atomic E-state index is 13.1. The first-order valence-electron chi connectivity index (χ1n) is 13.2. The SMILES string of the molecule is C=CCN(C)C(=O)c1ccc(C(CC)(CC)c2ccc(OCCC(O)(CC)CC)c(C)c2)n1CC. The van der Waals surface area contributed by atoms with E-state index >= 15 is 0 Å². The van der Waals surface area contributed by atoms with Gasteiger partial charge in [-0.1, -0.05) is 45.9 Å². The summed E-state index contributed by atoms with van der Waals surface area (Å²) in [6.07, 6.45) is 5.66. The van der Waals surface area contributed by atoms with Crippen molar-refractivity contribution in [1.82, 2.24) is 9.47 Å². The van der Waals surface area contributed by atoms with Gasteiger partial charge in [0.1, 0.15) is 11.4 Å². The lowest BCUT2D eigenvalue weighted by Crippen LogP contribution is -2.32. The molecule has 1 N–H and O–H groups in total. The van der Waals surface area contributed by atoms with Crippen molar-refractivity contribution < 1.29 is 14.6 Å². The number of hydrogen-bond donors (Lipinski definition) is 1. The monoisotopic (exact) mass is 482 g/mol. The van der Waals surface area contributed by atoms with E-state index in [1.165, 1.54) is 11.3 Å². The second-order valence-electron chi connectivity index (χ2n) is 9.62. The number of ether oxygens (including phenoxy) is 1. The maximum Gasteiger partial charge on any atom is 0.270 e. The summed E-state index contributed by atoms with van der Waals surface area (Å²) in [6.45, 7) is 18.1. The lowest BCUT2D eigenvalue weighted by atomic mass is 9.72. The molecule has 1 aromatic carbocycles. The topological polar surface area (TPSA) is 54.7 Å². The highest BCUT2D eigenvalue weighted by molar-refractivity contribution is 5.93. The predicted molar refractivity (Wildman–Crippen MR) is 145 cm³/mol. The molecule has 0 unspecified atom stereocenters. The molecule has 5 nitrogen and oxygen atoms in total. The molecule has 35 heavy (non-hydrogen) atoms. The first kappa shape index (κ1) is 28.7. The number of aryl methyl sites for hydroxylation is 1. The van der Waals surface area contributed by atoms with Crippen molar-refractivity contribution in [3.05, 3.63) is 65.5 Å². The van der Waals surface area contributed by atoms with Crippen LogP contribution in [0.15, 0.2) is 43.0 Å². The Balaban J connectivity index is 2.41. The molecule has 1 aromatic heterocycles. The fourth-order valence-corrected chi connectivity index (χ4v) is 5.12. The van der Waals surface area contributed by atoms with Crippen molar-refractivity contribution in [1.29, 1.82) is 0 Å². The molecule has 0 fully saturated rings. The number of nitrogens with zero attached hydrogens (tertiary/aromatic N) is 2. The van der Waals surface area contributed by atoms with Crippen LogP contribution in [0.2, 0.25) is 0 Å². The Morgan fingerprint density at radius 1 is 1.09 bits per heavy atom. The molecule has 2 aromatic rings. The van der Waals surface area contributed by atoms with E-state index in [0.29, 0.717) is 25.3 Å². The number of rotatable bonds is 14. The molecular weight excluding hydrogens is 436 g/mol. The minimum Gasteiger partial charge on any atom is -0.493 e. The van der Waals surface area contributed by atoms with Crippen LogP contribution in [0.4, 0.5) is 0 Å². The highest BCUT2D eigenvalue weighted by Gasteiger charge is 2.35. The third-order valence-corrected chi connectivity index (χ3v) is 7.83. The lowest BCUT2D eigenvalue weighted by molar-refractivity contribution is 0.0116. The Labute approximate surface area is 212 Å². The molecule has 0 atom stereocenters. The minimum atomic E-state index is -0.659. The van der Waals surface area contributed by atoms with Crippen molar-refractivity contribution in [2.75, 3.05) is 20.2 Å². The van der Waals surface area contributed by atoms with Gasteiger partial charge >= 0.3 is 0 Å². The van der Waals surface area contributed by atoms with Gasteiger partial charge in [0.05, 0.1) is 12.2 Å². The molecule has 5 heteroatoms. The minimum absolute atomic E-state index is 0.0122. The van der Waals surface area contributed by atoms with Gasteiger partial charge in [-0.2, -0.15) is 0 Å². The summed E-state index contributed by atoms with van der Waals surface area (Å²) in [5.41, 5.74) is 3.34. The Hall–Kier alpha value is -2.53. The number of hydrogen-bond acceptors (Lipinski definition) is 3. The largest absolute Gasteiger partial charge is 0.493 e. The van der Waals surface area contributed by atoms with Crippen molar-refractivity contribution in [2.24, 2.45) is 0 Å². The molecule has 1 heterocycles. The van der Waals surface area contributed by atoms with Gasteiger partial charge in [0, 0.05) is 37.7 Å². The van der Waals surface area contributed by atoms with E-state index in [4.69, 9.17) is 4.74 Å². The fraction of sp³-hybridized carbons (Fsp3) is 0.567. The molecule has 0 saturated carbocycles. The van der Waals surface area contributed by atoms with Gasteiger partial charge in [0.25, 0.3) is 5.91 Å². The standard InChI is InChI=1S/C30H46N2O3/c1-9-20-31(8)28(33)25-16-18-27(32(25)14-6)30(12-4,13-5)24-15-17-26(23(7)22-24)35-21-19-29(34,10-2)11-3/h9,15-18,22,34H,1,10-14,19-21H2,2-8H3. The number of aromatic nitrogens is 1. The third kappa shape index (κ3) is 6.00. The first-order valence-corrected chi connectivity index (χ1v) is 13.2. The molecule has 0 radical (unpaired) electrons. The zero-order chi connectivity index (χ0) is 26.2. The van der Waals surface area contributed by atoms with E-state index in [-0.39, 0.29) is 11.3 Å². The second-order valence-corrected chi connectivity index (χ2v) is 9.62. The van der Waals surface area contributed by atoms with Crippen molar-refractivity contribution >= 4 is 5.91 Å². The summed E-state index contributed by atoms with van der Waals surface area (Å²) in [7, 11) is 1.81. The average molecular weight is 483 g/mol. The average Bonchev–Trinajstić information content (AvgIpc) is 3.30. The number of likely N-dealkylation sites (N-methyl/N-ethyl adjacent to an activating group) is 1. The van der Waals surface area contributed by atoms with E-state index in [1.807, 2.05) is 27.0 Å². The smallest absolute Gasteiger partial charge is 0.270 e. The van der Waals surface area contributed by atoms with E-state index in [2.05, 4.69) is 63.1 Å². The molecule has 2 rings (SSSR count). The molecule has 0 saturated heterocycles. The van der Waals surface area contributed by atoms with E-state index < -0.39 is 5.60 Å². The molecule has 0 spiro atoms. The van der Waals surface area contributed by atoms with Crippen LogP contribution in [-0.4, -0.2) is 46.3 Å². The summed E-state index contributed by atoms with van der Waals surface area (Å²) in [4.78, 5) is 14.8. The molecule has 0 aliphatic carbocycles. The number of amides is 1. The van der Waals surface area contributed by atoms with Crippen LogP contribution in [-0.2, 0) is 12.0 Å². The zero-order valence-electron chi connectivity index (χ0n) is 23.0. The first-order chi connectivity index (χ1) is 16.7. The third-order valence-electron chi connectivity index (χ3n) is 7.83. The van der Waals surface area contributed by atoms with Crippen molar-refractivity contribution in [2.45, 2.75) is 91.2 Å². The highest BCUT2D eigenvalue weighted by atomic mass is 16.5. The summed E-state index contributed by atoms with van der Waals surface area (Å²) in [5, 5.41) is 10.6. The molecule has 194 valence electrons. The normalized spacial score (nSPS) is 12.0. The van der Waals surface area contributed by atoms with Gasteiger partial charge < -0.3 is 19.3 Å². The van der Waals surface area contributed by atoms with E-state index in [0.717, 1.165) is 43.5 Å². The Morgan fingerprint density at radius 2 is 1.74 bits per heavy atom. The van der Waals surface area contributed by atoms with Crippen LogP contribution >= 0.6 is 0 Å². The zero-order valence-corrected chi connectivity index (χ0v) is 23.0. The van der Waals surface area contributed by atoms with E-state index in [1.54, 1.807) is 11.0 Å². The number of carbonyl (C=O) groups excluding carboxylic acids is 1. The van der Waals surface area contributed by atoms with E-state index in [9.17, 15) is 9.90 Å². The highest BCUT2D eigenvalue weighted by Crippen LogP contribution is 2.41. The molecule has 0 aliphatic heterocycles.